The Hall–Kier alpha value is -1.06. The van der Waals surface area contributed by atoms with Crippen LogP contribution < -0.4 is 10.2 Å². The van der Waals surface area contributed by atoms with E-state index in [1.54, 1.807) is 7.11 Å². The Morgan fingerprint density at radius 2 is 1.75 bits per heavy atom. The topological polar surface area (TPSA) is 24.5 Å². The lowest BCUT2D eigenvalue weighted by atomic mass is 10.1. The number of rotatable bonds is 9. The van der Waals surface area contributed by atoms with Gasteiger partial charge in [-0.25, -0.2) is 0 Å². The first kappa shape index (κ1) is 17.0. The highest BCUT2D eigenvalue weighted by atomic mass is 16.5. The van der Waals surface area contributed by atoms with Crippen LogP contribution in [0, 0.1) is 5.92 Å². The molecule has 0 radical (unpaired) electrons. The van der Waals surface area contributed by atoms with Crippen molar-refractivity contribution in [2.45, 2.75) is 40.3 Å². The molecule has 0 saturated carbocycles. The molecule has 0 aliphatic rings. The van der Waals surface area contributed by atoms with Crippen LogP contribution in [0.1, 0.15) is 33.3 Å². The van der Waals surface area contributed by atoms with E-state index >= 15 is 0 Å². The average molecular weight is 278 g/mol. The van der Waals surface area contributed by atoms with Gasteiger partial charge in [0.1, 0.15) is 0 Å². The van der Waals surface area contributed by atoms with Gasteiger partial charge in [0.2, 0.25) is 0 Å². The van der Waals surface area contributed by atoms with Crippen LogP contribution in [0.15, 0.2) is 24.3 Å². The van der Waals surface area contributed by atoms with E-state index in [1.807, 2.05) is 0 Å². The Kier molecular flexibility index (Phi) is 7.63. The third-order valence-electron chi connectivity index (χ3n) is 3.31. The predicted octanol–water partition coefficient (Wildman–Crippen LogP) is 3.29. The molecule has 3 nitrogen and oxygen atoms in total. The Balaban J connectivity index is 2.58. The molecule has 0 saturated heterocycles. The van der Waals surface area contributed by atoms with Gasteiger partial charge in [0.15, 0.2) is 0 Å². The van der Waals surface area contributed by atoms with Gasteiger partial charge in [-0.05, 0) is 44.0 Å². The zero-order valence-corrected chi connectivity index (χ0v) is 13.6. The second-order valence-corrected chi connectivity index (χ2v) is 5.97. The van der Waals surface area contributed by atoms with E-state index < -0.39 is 0 Å². The molecule has 20 heavy (non-hydrogen) atoms. The van der Waals surface area contributed by atoms with Crippen molar-refractivity contribution in [1.29, 1.82) is 0 Å². The molecule has 1 rings (SSSR count). The number of ether oxygens (including phenoxy) is 1. The second-order valence-electron chi connectivity index (χ2n) is 5.97. The summed E-state index contributed by atoms with van der Waals surface area (Å²) in [5, 5.41) is 3.47. The van der Waals surface area contributed by atoms with Gasteiger partial charge in [-0.2, -0.15) is 0 Å². The molecule has 1 N–H and O–H groups in total. The van der Waals surface area contributed by atoms with Crippen molar-refractivity contribution in [2.75, 3.05) is 31.7 Å². The highest BCUT2D eigenvalue weighted by Gasteiger charge is 2.09. The molecule has 0 aromatic heterocycles. The summed E-state index contributed by atoms with van der Waals surface area (Å²) < 4.78 is 5.19. The Bertz CT molecular complexity index is 360. The number of nitrogens with one attached hydrogen (secondary N) is 1. The van der Waals surface area contributed by atoms with Crippen molar-refractivity contribution in [1.82, 2.24) is 5.32 Å². The van der Waals surface area contributed by atoms with E-state index in [4.69, 9.17) is 4.74 Å². The summed E-state index contributed by atoms with van der Waals surface area (Å²) >= 11 is 0. The van der Waals surface area contributed by atoms with Crippen LogP contribution in [-0.2, 0) is 11.3 Å². The highest BCUT2D eigenvalue weighted by Crippen LogP contribution is 2.17. The molecule has 1 aromatic carbocycles. The molecule has 0 bridgehead atoms. The van der Waals surface area contributed by atoms with Crippen molar-refractivity contribution >= 4 is 5.69 Å². The number of benzene rings is 1. The standard InChI is InChI=1S/C17H30N2O/c1-14(2)12-18-13-16-6-8-17(9-7-16)19(15(3)4)10-11-20-5/h6-9,14-15,18H,10-13H2,1-5H3. The molecule has 0 aliphatic carbocycles. The smallest absolute Gasteiger partial charge is 0.0637 e. The van der Waals surface area contributed by atoms with Gasteiger partial charge in [-0.15, -0.1) is 0 Å². The minimum absolute atomic E-state index is 0.482. The first-order valence-electron chi connectivity index (χ1n) is 7.59. The molecule has 0 fully saturated rings. The lowest BCUT2D eigenvalue weighted by molar-refractivity contribution is 0.204. The normalized spacial score (nSPS) is 11.3. The number of methoxy groups -OCH3 is 1. The fraction of sp³-hybridized carbons (Fsp3) is 0.647. The third kappa shape index (κ3) is 5.93. The SMILES string of the molecule is COCCN(c1ccc(CNCC(C)C)cc1)C(C)C. The van der Waals surface area contributed by atoms with Crippen LogP contribution in [0.5, 0.6) is 0 Å². The molecule has 0 aliphatic heterocycles. The minimum Gasteiger partial charge on any atom is -0.383 e. The summed E-state index contributed by atoms with van der Waals surface area (Å²) in [7, 11) is 1.75. The molecule has 0 heterocycles. The summed E-state index contributed by atoms with van der Waals surface area (Å²) in [6.45, 7) is 12.6. The van der Waals surface area contributed by atoms with Crippen LogP contribution in [0.4, 0.5) is 5.69 Å². The van der Waals surface area contributed by atoms with Gasteiger partial charge in [0.05, 0.1) is 6.61 Å². The number of anilines is 1. The maximum absolute atomic E-state index is 5.19. The van der Waals surface area contributed by atoms with Crippen molar-refractivity contribution in [3.8, 4) is 0 Å². The Morgan fingerprint density at radius 3 is 2.25 bits per heavy atom. The lowest BCUT2D eigenvalue weighted by Gasteiger charge is -2.29. The summed E-state index contributed by atoms with van der Waals surface area (Å²) in [4.78, 5) is 2.37. The second kappa shape index (κ2) is 8.98. The van der Waals surface area contributed by atoms with Gasteiger partial charge < -0.3 is 15.0 Å². The van der Waals surface area contributed by atoms with E-state index in [1.165, 1.54) is 11.3 Å². The van der Waals surface area contributed by atoms with Crippen LogP contribution in [-0.4, -0.2) is 32.8 Å². The Labute approximate surface area is 124 Å². The van der Waals surface area contributed by atoms with Gasteiger partial charge >= 0.3 is 0 Å². The van der Waals surface area contributed by atoms with Gasteiger partial charge in [0, 0.05) is 31.9 Å². The zero-order valence-electron chi connectivity index (χ0n) is 13.6. The van der Waals surface area contributed by atoms with Crippen LogP contribution in [0.3, 0.4) is 0 Å². The monoisotopic (exact) mass is 278 g/mol. The van der Waals surface area contributed by atoms with Gasteiger partial charge in [0.25, 0.3) is 0 Å². The molecule has 1 aromatic rings. The largest absolute Gasteiger partial charge is 0.383 e. The van der Waals surface area contributed by atoms with E-state index in [-0.39, 0.29) is 0 Å². The van der Waals surface area contributed by atoms with Crippen molar-refractivity contribution in [2.24, 2.45) is 5.92 Å². The summed E-state index contributed by atoms with van der Waals surface area (Å²) in [5.41, 5.74) is 2.61. The lowest BCUT2D eigenvalue weighted by Crippen LogP contribution is -2.33. The van der Waals surface area contributed by atoms with Crippen molar-refractivity contribution in [3.63, 3.8) is 0 Å². The van der Waals surface area contributed by atoms with Crippen molar-refractivity contribution < 1.29 is 4.74 Å². The van der Waals surface area contributed by atoms with E-state index in [0.717, 1.165) is 26.2 Å². The molecule has 0 atom stereocenters. The Morgan fingerprint density at radius 1 is 1.10 bits per heavy atom. The van der Waals surface area contributed by atoms with E-state index in [0.29, 0.717) is 12.0 Å². The van der Waals surface area contributed by atoms with Gasteiger partial charge in [-0.3, -0.25) is 0 Å². The zero-order chi connectivity index (χ0) is 15.0. The maximum Gasteiger partial charge on any atom is 0.0637 e. The molecular formula is C17H30N2O. The molecule has 0 unspecified atom stereocenters. The molecule has 0 amide bonds. The number of hydrogen-bond donors (Lipinski definition) is 1. The maximum atomic E-state index is 5.19. The minimum atomic E-state index is 0.482. The van der Waals surface area contributed by atoms with Crippen LogP contribution in [0.2, 0.25) is 0 Å². The average Bonchev–Trinajstić information content (AvgIpc) is 2.40. The predicted molar refractivity (Wildman–Crippen MR) is 87.3 cm³/mol. The summed E-state index contributed by atoms with van der Waals surface area (Å²) in [6.07, 6.45) is 0. The molecular weight excluding hydrogens is 248 g/mol. The first-order valence-corrected chi connectivity index (χ1v) is 7.59. The molecule has 114 valence electrons. The summed E-state index contributed by atoms with van der Waals surface area (Å²) in [6, 6.07) is 9.33. The van der Waals surface area contributed by atoms with Crippen LogP contribution >= 0.6 is 0 Å². The van der Waals surface area contributed by atoms with Gasteiger partial charge in [-0.1, -0.05) is 26.0 Å². The highest BCUT2D eigenvalue weighted by molar-refractivity contribution is 5.48. The number of nitrogens with zero attached hydrogens (tertiary/aromatic N) is 1. The van der Waals surface area contributed by atoms with E-state index in [9.17, 15) is 0 Å². The fourth-order valence-corrected chi connectivity index (χ4v) is 2.19. The number of hydrogen-bond acceptors (Lipinski definition) is 3. The quantitative estimate of drug-likeness (QED) is 0.750. The van der Waals surface area contributed by atoms with E-state index in [2.05, 4.69) is 62.2 Å². The first-order chi connectivity index (χ1) is 9.54. The fourth-order valence-electron chi connectivity index (χ4n) is 2.19. The molecule has 0 spiro atoms. The van der Waals surface area contributed by atoms with Crippen LogP contribution in [0.25, 0.3) is 0 Å². The summed E-state index contributed by atoms with van der Waals surface area (Å²) in [5.74, 6) is 0.694. The molecule has 3 heteroatoms. The van der Waals surface area contributed by atoms with Crippen molar-refractivity contribution in [3.05, 3.63) is 29.8 Å². The third-order valence-corrected chi connectivity index (χ3v) is 3.31.